The highest BCUT2D eigenvalue weighted by atomic mass is 16.3. The maximum Gasteiger partial charge on any atom is 0.0667 e. The van der Waals surface area contributed by atoms with Crippen LogP contribution in [0, 0.1) is 0 Å². The van der Waals surface area contributed by atoms with Gasteiger partial charge in [0.1, 0.15) is 0 Å². The van der Waals surface area contributed by atoms with Crippen molar-refractivity contribution in [2.45, 2.75) is 38.0 Å². The molecule has 0 radical (unpaired) electrons. The number of aliphatic hydroxyl groups excluding tert-OH is 1. The highest BCUT2D eigenvalue weighted by Crippen LogP contribution is 2.26. The van der Waals surface area contributed by atoms with Gasteiger partial charge in [-0.3, -0.25) is 4.90 Å². The van der Waals surface area contributed by atoms with Gasteiger partial charge in [-0.25, -0.2) is 0 Å². The number of rotatable bonds is 3. The zero-order valence-corrected chi connectivity index (χ0v) is 10.4. The summed E-state index contributed by atoms with van der Waals surface area (Å²) in [6.45, 7) is 3.80. The number of likely N-dealkylation sites (tertiary alicyclic amines) is 1. The fourth-order valence-corrected chi connectivity index (χ4v) is 2.73. The molecule has 17 heavy (non-hydrogen) atoms. The van der Waals surface area contributed by atoms with Crippen molar-refractivity contribution >= 4 is 0 Å². The molecule has 3 unspecified atom stereocenters. The van der Waals surface area contributed by atoms with Crippen molar-refractivity contribution < 1.29 is 5.11 Å². The second kappa shape index (κ2) is 5.63. The van der Waals surface area contributed by atoms with Crippen LogP contribution in [0.15, 0.2) is 30.3 Å². The number of aliphatic hydroxyl groups is 1. The first-order valence-corrected chi connectivity index (χ1v) is 6.41. The summed E-state index contributed by atoms with van der Waals surface area (Å²) in [7, 11) is 0. The van der Waals surface area contributed by atoms with Crippen molar-refractivity contribution in [2.24, 2.45) is 5.73 Å². The molecule has 0 aromatic heterocycles. The molecule has 94 valence electrons. The molecule has 1 aliphatic heterocycles. The first-order valence-electron chi connectivity index (χ1n) is 6.41. The van der Waals surface area contributed by atoms with E-state index in [4.69, 9.17) is 5.73 Å². The summed E-state index contributed by atoms with van der Waals surface area (Å²) in [5, 5.41) is 9.77. The van der Waals surface area contributed by atoms with Gasteiger partial charge in [-0.1, -0.05) is 30.3 Å². The van der Waals surface area contributed by atoms with Gasteiger partial charge in [-0.15, -0.1) is 0 Å². The average Bonchev–Trinajstić information content (AvgIpc) is 2.30. The van der Waals surface area contributed by atoms with Gasteiger partial charge in [0.25, 0.3) is 0 Å². The maximum atomic E-state index is 9.77. The third-order valence-corrected chi connectivity index (χ3v) is 3.46. The molecule has 0 spiro atoms. The number of piperidine rings is 1. The van der Waals surface area contributed by atoms with Crippen LogP contribution < -0.4 is 5.73 Å². The zero-order chi connectivity index (χ0) is 12.3. The van der Waals surface area contributed by atoms with Crippen LogP contribution in [0.2, 0.25) is 0 Å². The Balaban J connectivity index is 2.17. The number of hydrogen-bond donors (Lipinski definition) is 2. The average molecular weight is 234 g/mol. The van der Waals surface area contributed by atoms with Gasteiger partial charge in [0, 0.05) is 18.6 Å². The van der Waals surface area contributed by atoms with Crippen molar-refractivity contribution in [3.63, 3.8) is 0 Å². The van der Waals surface area contributed by atoms with Gasteiger partial charge in [0.15, 0.2) is 0 Å². The minimum absolute atomic E-state index is 0.0719. The second-order valence-corrected chi connectivity index (χ2v) is 5.01. The molecule has 1 aromatic carbocycles. The molecule has 0 amide bonds. The van der Waals surface area contributed by atoms with E-state index in [1.165, 1.54) is 5.56 Å². The number of benzene rings is 1. The number of hydrogen-bond acceptors (Lipinski definition) is 3. The molecule has 1 aromatic rings. The van der Waals surface area contributed by atoms with Crippen molar-refractivity contribution in [3.8, 4) is 0 Å². The summed E-state index contributed by atoms with van der Waals surface area (Å²) >= 11 is 0. The molecule has 1 fully saturated rings. The van der Waals surface area contributed by atoms with Crippen LogP contribution in [-0.2, 0) is 0 Å². The number of β-amino-alcohol motifs (C(OH)–C–C–N with tert-alkyl or cyclic N) is 1. The van der Waals surface area contributed by atoms with E-state index in [1.54, 1.807) is 0 Å². The number of nitrogens with zero attached hydrogens (tertiary/aromatic N) is 1. The molecule has 3 nitrogen and oxygen atoms in total. The smallest absolute Gasteiger partial charge is 0.0667 e. The lowest BCUT2D eigenvalue weighted by molar-refractivity contribution is 0.0405. The molecular formula is C14H22N2O. The summed E-state index contributed by atoms with van der Waals surface area (Å²) in [4.78, 5) is 2.31. The Hall–Kier alpha value is -0.900. The van der Waals surface area contributed by atoms with Gasteiger partial charge in [0.05, 0.1) is 6.10 Å². The van der Waals surface area contributed by atoms with Gasteiger partial charge in [-0.05, 0) is 31.9 Å². The van der Waals surface area contributed by atoms with Crippen LogP contribution in [0.3, 0.4) is 0 Å². The molecule has 0 bridgehead atoms. The molecule has 3 heteroatoms. The second-order valence-electron chi connectivity index (χ2n) is 5.01. The molecule has 2 rings (SSSR count). The molecule has 1 saturated heterocycles. The third kappa shape index (κ3) is 3.06. The van der Waals surface area contributed by atoms with Crippen LogP contribution in [0.5, 0.6) is 0 Å². The van der Waals surface area contributed by atoms with Gasteiger partial charge < -0.3 is 10.8 Å². The van der Waals surface area contributed by atoms with E-state index in [-0.39, 0.29) is 18.2 Å². The number of nitrogens with two attached hydrogens (primary N) is 1. The van der Waals surface area contributed by atoms with E-state index >= 15 is 0 Å². The van der Waals surface area contributed by atoms with Crippen molar-refractivity contribution in [1.82, 2.24) is 4.90 Å². The first-order chi connectivity index (χ1) is 8.18. The molecule has 1 aliphatic rings. The SMILES string of the molecule is CC(N)C(c1ccccc1)N1CCCC(O)C1. The summed E-state index contributed by atoms with van der Waals surface area (Å²) in [5.41, 5.74) is 7.37. The van der Waals surface area contributed by atoms with E-state index < -0.39 is 0 Å². The van der Waals surface area contributed by atoms with E-state index in [2.05, 4.69) is 17.0 Å². The Morgan fingerprint density at radius 2 is 2.06 bits per heavy atom. The molecule has 3 atom stereocenters. The quantitative estimate of drug-likeness (QED) is 0.834. The Labute approximate surface area is 103 Å². The van der Waals surface area contributed by atoms with Crippen molar-refractivity contribution in [3.05, 3.63) is 35.9 Å². The molecule has 1 heterocycles. The van der Waals surface area contributed by atoms with Gasteiger partial charge in [-0.2, -0.15) is 0 Å². The Morgan fingerprint density at radius 1 is 1.35 bits per heavy atom. The zero-order valence-electron chi connectivity index (χ0n) is 10.4. The summed E-state index contributed by atoms with van der Waals surface area (Å²) in [5.74, 6) is 0. The maximum absolute atomic E-state index is 9.77. The topological polar surface area (TPSA) is 49.5 Å². The Bertz CT molecular complexity index is 339. The van der Waals surface area contributed by atoms with Crippen LogP contribution in [0.4, 0.5) is 0 Å². The predicted molar refractivity (Wildman–Crippen MR) is 69.6 cm³/mol. The van der Waals surface area contributed by atoms with Crippen molar-refractivity contribution in [1.29, 1.82) is 0 Å². The lowest BCUT2D eigenvalue weighted by Gasteiger charge is -2.38. The molecule has 0 saturated carbocycles. The normalized spacial score (nSPS) is 25.5. The van der Waals surface area contributed by atoms with Gasteiger partial charge in [0.2, 0.25) is 0 Å². The minimum Gasteiger partial charge on any atom is -0.392 e. The largest absolute Gasteiger partial charge is 0.392 e. The van der Waals surface area contributed by atoms with Crippen LogP contribution in [-0.4, -0.2) is 35.2 Å². The van der Waals surface area contributed by atoms with E-state index in [0.717, 1.165) is 25.9 Å². The van der Waals surface area contributed by atoms with E-state index in [0.29, 0.717) is 0 Å². The lowest BCUT2D eigenvalue weighted by atomic mass is 9.96. The lowest BCUT2D eigenvalue weighted by Crippen LogP contribution is -2.46. The predicted octanol–water partition coefficient (Wildman–Crippen LogP) is 1.53. The van der Waals surface area contributed by atoms with Crippen LogP contribution >= 0.6 is 0 Å². The molecule has 3 N–H and O–H groups in total. The monoisotopic (exact) mass is 234 g/mol. The molecular weight excluding hydrogens is 212 g/mol. The summed E-state index contributed by atoms with van der Waals surface area (Å²) in [6, 6.07) is 10.6. The van der Waals surface area contributed by atoms with Crippen LogP contribution in [0.1, 0.15) is 31.4 Å². The fourth-order valence-electron chi connectivity index (χ4n) is 2.73. The third-order valence-electron chi connectivity index (χ3n) is 3.46. The highest BCUT2D eigenvalue weighted by Gasteiger charge is 2.28. The molecule has 0 aliphatic carbocycles. The Kier molecular flexibility index (Phi) is 4.15. The summed E-state index contributed by atoms with van der Waals surface area (Å²) < 4.78 is 0. The standard InChI is InChI=1S/C14H22N2O/c1-11(15)14(12-6-3-2-4-7-12)16-9-5-8-13(17)10-16/h2-4,6-7,11,13-14,17H,5,8-10,15H2,1H3. The summed E-state index contributed by atoms with van der Waals surface area (Å²) in [6.07, 6.45) is 1.77. The van der Waals surface area contributed by atoms with E-state index in [1.807, 2.05) is 25.1 Å². The van der Waals surface area contributed by atoms with Crippen LogP contribution in [0.25, 0.3) is 0 Å². The van der Waals surface area contributed by atoms with E-state index in [9.17, 15) is 5.11 Å². The highest BCUT2D eigenvalue weighted by molar-refractivity contribution is 5.20. The fraction of sp³-hybridized carbons (Fsp3) is 0.571. The minimum atomic E-state index is -0.200. The van der Waals surface area contributed by atoms with Crippen molar-refractivity contribution in [2.75, 3.05) is 13.1 Å². The van der Waals surface area contributed by atoms with Gasteiger partial charge >= 0.3 is 0 Å². The Morgan fingerprint density at radius 3 is 2.65 bits per heavy atom. The first kappa shape index (κ1) is 12.6.